The van der Waals surface area contributed by atoms with Gasteiger partial charge in [-0.1, -0.05) is 6.42 Å². The summed E-state index contributed by atoms with van der Waals surface area (Å²) in [7, 11) is 0.796. The van der Waals surface area contributed by atoms with Crippen LogP contribution in [0.3, 0.4) is 0 Å². The quantitative estimate of drug-likeness (QED) is 0.235. The van der Waals surface area contributed by atoms with Crippen molar-refractivity contribution in [2.75, 3.05) is 34.4 Å². The first-order chi connectivity index (χ1) is 15.5. The van der Waals surface area contributed by atoms with E-state index in [1.165, 1.54) is 0 Å². The zero-order valence-corrected chi connectivity index (χ0v) is 21.0. The van der Waals surface area contributed by atoms with E-state index >= 15 is 0 Å². The monoisotopic (exact) mass is 485 g/mol. The Morgan fingerprint density at radius 1 is 1.06 bits per heavy atom. The Morgan fingerprint density at radius 2 is 1.67 bits per heavy atom. The Bertz CT molecular complexity index is 941. The molecule has 0 aromatic heterocycles. The number of hydrogen-bond donors (Lipinski definition) is 3. The first-order valence-corrected chi connectivity index (χ1v) is 11.9. The largest absolute Gasteiger partial charge is 0.493 e. The van der Waals surface area contributed by atoms with Crippen molar-refractivity contribution in [3.05, 3.63) is 17.7 Å². The lowest BCUT2D eigenvalue weighted by molar-refractivity contribution is 0.0569. The van der Waals surface area contributed by atoms with Gasteiger partial charge in [-0.3, -0.25) is 9.98 Å². The Kier molecular flexibility index (Phi) is 11.1. The number of nitrogens with one attached hydrogen (secondary N) is 3. The van der Waals surface area contributed by atoms with E-state index in [2.05, 4.69) is 26.7 Å². The molecule has 33 heavy (non-hydrogen) atoms. The van der Waals surface area contributed by atoms with Crippen molar-refractivity contribution in [3.63, 3.8) is 0 Å². The molecule has 0 heterocycles. The summed E-state index contributed by atoms with van der Waals surface area (Å²) in [6.07, 6.45) is 1.09. The van der Waals surface area contributed by atoms with Crippen LogP contribution >= 0.6 is 0 Å². The molecule has 0 aliphatic carbocycles. The Balaban J connectivity index is 2.49. The number of aliphatic imine (C=N–C) groups is 2. The topological polar surface area (TPSA) is 140 Å². The molecule has 0 fully saturated rings. The second-order valence-electron chi connectivity index (χ2n) is 7.94. The van der Waals surface area contributed by atoms with Gasteiger partial charge in [0.1, 0.15) is 11.4 Å². The number of methoxy groups -OCH3 is 2. The number of carbonyl (C=O) groups is 1. The Hall–Kier alpha value is -2.86. The minimum absolute atomic E-state index is 0.188. The van der Waals surface area contributed by atoms with E-state index < -0.39 is 21.9 Å². The van der Waals surface area contributed by atoms with Crippen molar-refractivity contribution in [1.29, 1.82) is 0 Å². The van der Waals surface area contributed by atoms with E-state index in [0.29, 0.717) is 36.0 Å². The number of rotatable bonds is 12. The highest BCUT2D eigenvalue weighted by Crippen LogP contribution is 2.34. The van der Waals surface area contributed by atoms with Gasteiger partial charge in [0.15, 0.2) is 11.5 Å². The number of carbonyl (C=O) groups excluding carboxylic acids is 1. The van der Waals surface area contributed by atoms with Gasteiger partial charge >= 0.3 is 16.3 Å². The lowest BCUT2D eigenvalue weighted by Gasteiger charge is -2.19. The number of amides is 1. The maximum Gasteiger partial charge on any atom is 0.422 e. The van der Waals surface area contributed by atoms with Gasteiger partial charge in [-0.05, 0) is 46.4 Å². The van der Waals surface area contributed by atoms with Crippen LogP contribution in [0.15, 0.2) is 22.1 Å². The van der Waals surface area contributed by atoms with Crippen LogP contribution in [0.1, 0.15) is 45.6 Å². The van der Waals surface area contributed by atoms with E-state index in [-0.39, 0.29) is 6.54 Å². The fourth-order valence-electron chi connectivity index (χ4n) is 2.77. The normalized spacial score (nSPS) is 12.1. The molecule has 0 aliphatic rings. The van der Waals surface area contributed by atoms with E-state index in [0.717, 1.165) is 18.4 Å². The predicted molar refractivity (Wildman–Crippen MR) is 129 cm³/mol. The molecule has 1 aromatic carbocycles. The third kappa shape index (κ3) is 10.1. The van der Waals surface area contributed by atoms with Crippen molar-refractivity contribution in [3.8, 4) is 11.5 Å². The molecule has 0 atom stereocenters. The fourth-order valence-corrected chi connectivity index (χ4v) is 3.51. The number of hydrogen-bond acceptors (Lipinski definition) is 8. The highest BCUT2D eigenvalue weighted by atomic mass is 32.2. The maximum atomic E-state index is 11.9. The van der Waals surface area contributed by atoms with Crippen LogP contribution in [0.5, 0.6) is 11.5 Å². The molecular weight excluding hydrogens is 450 g/mol. The van der Waals surface area contributed by atoms with Gasteiger partial charge in [0.25, 0.3) is 0 Å². The molecule has 0 bridgehead atoms. The number of benzene rings is 1. The van der Waals surface area contributed by atoms with E-state index in [1.54, 1.807) is 54.2 Å². The van der Waals surface area contributed by atoms with E-state index in [4.69, 9.17) is 14.2 Å². The fraction of sp³-hybridized carbons (Fsp3) is 0.571. The molecular formula is C21H35N5O6S. The third-order valence-electron chi connectivity index (χ3n) is 4.21. The number of amidine groups is 1. The number of unbranched alkanes of at least 4 members (excludes halogenated alkanes) is 2. The summed E-state index contributed by atoms with van der Waals surface area (Å²) in [5.74, 6) is 1.72. The van der Waals surface area contributed by atoms with E-state index in [9.17, 15) is 13.2 Å². The zero-order chi connectivity index (χ0) is 25.1. The van der Waals surface area contributed by atoms with Gasteiger partial charge in [0, 0.05) is 31.8 Å². The molecule has 12 heteroatoms. The minimum atomic E-state index is -3.97. The molecule has 0 saturated heterocycles. The summed E-state index contributed by atoms with van der Waals surface area (Å²) in [6.45, 7) is 9.35. The van der Waals surface area contributed by atoms with Crippen LogP contribution < -0.4 is 24.2 Å². The second kappa shape index (κ2) is 13.0. The second-order valence-corrected chi connectivity index (χ2v) is 9.44. The summed E-state index contributed by atoms with van der Waals surface area (Å²) in [5, 5.41) is 3.26. The number of nitrogens with zero attached hydrogens (tertiary/aromatic N) is 2. The molecule has 0 unspecified atom stereocenters. The molecule has 0 aliphatic heterocycles. The maximum absolute atomic E-state index is 11.9. The van der Waals surface area contributed by atoms with Crippen LogP contribution in [0.25, 0.3) is 0 Å². The van der Waals surface area contributed by atoms with Crippen LogP contribution in [-0.4, -0.2) is 67.0 Å². The standard InChI is InChI=1S/C21H35N5O6S/c1-21(2,3)32-20(27)26-33(28,29)25-12-10-8-9-11-24-19(23-5)15-13-17(30-6)18(31-7)14-16(15)22-4/h13-14,25H,4,8-12H2,1-3,5-7H3,(H,23,24)(H,26,27). The van der Waals surface area contributed by atoms with Gasteiger partial charge in [-0.2, -0.15) is 13.1 Å². The summed E-state index contributed by atoms with van der Waals surface area (Å²) in [5.41, 5.74) is 0.547. The highest BCUT2D eigenvalue weighted by Gasteiger charge is 2.20. The first kappa shape index (κ1) is 28.2. The highest BCUT2D eigenvalue weighted by molar-refractivity contribution is 7.88. The van der Waals surface area contributed by atoms with Gasteiger partial charge in [-0.15, -0.1) is 0 Å². The minimum Gasteiger partial charge on any atom is -0.493 e. The van der Waals surface area contributed by atoms with Crippen molar-refractivity contribution < 1.29 is 27.4 Å². The SMILES string of the molecule is C=Nc1cc(OC)c(OC)cc1/C(=N\C)NCCCCCNS(=O)(=O)NC(=O)OC(C)(C)C. The van der Waals surface area contributed by atoms with Crippen molar-refractivity contribution >= 4 is 34.5 Å². The van der Waals surface area contributed by atoms with Crippen LogP contribution in [0.4, 0.5) is 10.5 Å². The smallest absolute Gasteiger partial charge is 0.422 e. The Morgan fingerprint density at radius 3 is 2.21 bits per heavy atom. The average molecular weight is 486 g/mol. The van der Waals surface area contributed by atoms with Crippen molar-refractivity contribution in [1.82, 2.24) is 14.8 Å². The van der Waals surface area contributed by atoms with Gasteiger partial charge < -0.3 is 19.5 Å². The lowest BCUT2D eigenvalue weighted by Crippen LogP contribution is -2.43. The van der Waals surface area contributed by atoms with Crippen LogP contribution in [0.2, 0.25) is 0 Å². The summed E-state index contributed by atoms with van der Waals surface area (Å²) in [6, 6.07) is 3.51. The first-order valence-electron chi connectivity index (χ1n) is 10.4. The molecule has 3 N–H and O–H groups in total. The van der Waals surface area contributed by atoms with Crippen molar-refractivity contribution in [2.24, 2.45) is 9.98 Å². The van der Waals surface area contributed by atoms with E-state index in [1.807, 2.05) is 4.72 Å². The number of ether oxygens (including phenoxy) is 3. The molecule has 0 spiro atoms. The van der Waals surface area contributed by atoms with Crippen LogP contribution in [-0.2, 0) is 14.9 Å². The molecule has 1 rings (SSSR count). The molecule has 11 nitrogen and oxygen atoms in total. The van der Waals surface area contributed by atoms with Crippen molar-refractivity contribution in [2.45, 2.75) is 45.6 Å². The zero-order valence-electron chi connectivity index (χ0n) is 20.1. The summed E-state index contributed by atoms with van der Waals surface area (Å²) < 4.78 is 43.5. The molecule has 0 saturated carbocycles. The Labute approximate surface area is 196 Å². The van der Waals surface area contributed by atoms with Gasteiger partial charge in [0.2, 0.25) is 0 Å². The average Bonchev–Trinajstić information content (AvgIpc) is 2.72. The lowest BCUT2D eigenvalue weighted by atomic mass is 10.1. The molecule has 0 radical (unpaired) electrons. The predicted octanol–water partition coefficient (Wildman–Crippen LogP) is 2.53. The molecule has 1 amide bonds. The summed E-state index contributed by atoms with van der Waals surface area (Å²) in [4.78, 5) is 19.9. The molecule has 1 aromatic rings. The van der Waals surface area contributed by atoms with Crippen LogP contribution in [0, 0.1) is 0 Å². The molecule has 186 valence electrons. The van der Waals surface area contributed by atoms with Gasteiger partial charge in [-0.25, -0.2) is 9.52 Å². The summed E-state index contributed by atoms with van der Waals surface area (Å²) >= 11 is 0. The van der Waals surface area contributed by atoms with Gasteiger partial charge in [0.05, 0.1) is 19.9 Å². The third-order valence-corrected chi connectivity index (χ3v) is 5.23.